The van der Waals surface area contributed by atoms with Crippen molar-refractivity contribution in [1.82, 2.24) is 5.32 Å². The van der Waals surface area contributed by atoms with Gasteiger partial charge < -0.3 is 9.74 Å². The second-order valence-electron chi connectivity index (χ2n) is 8.14. The average Bonchev–Trinajstić information content (AvgIpc) is 2.37. The third kappa shape index (κ3) is 5.86. The molecule has 120 valence electrons. The van der Waals surface area contributed by atoms with E-state index in [0.717, 1.165) is 18.6 Å². The molecule has 1 rings (SSSR count). The molecule has 0 aliphatic carbocycles. The van der Waals surface area contributed by atoms with Crippen molar-refractivity contribution in [2.75, 3.05) is 13.2 Å². The van der Waals surface area contributed by atoms with Gasteiger partial charge in [-0.3, -0.25) is 0 Å². The van der Waals surface area contributed by atoms with Crippen LogP contribution in [0.1, 0.15) is 66.2 Å². The lowest BCUT2D eigenvalue weighted by atomic mass is 9.90. The van der Waals surface area contributed by atoms with Gasteiger partial charge in [0, 0.05) is 12.6 Å². The zero-order chi connectivity index (χ0) is 15.2. The van der Waals surface area contributed by atoms with Crippen LogP contribution in [0.3, 0.4) is 0 Å². The number of hydrogen-bond donors (Lipinski definition) is 1. The van der Waals surface area contributed by atoms with Crippen LogP contribution < -0.4 is 5.32 Å². The van der Waals surface area contributed by atoms with Crippen molar-refractivity contribution in [2.45, 2.75) is 90.4 Å². The fourth-order valence-corrected chi connectivity index (χ4v) is 3.77. The van der Waals surface area contributed by atoms with E-state index in [4.69, 9.17) is 4.43 Å². The summed E-state index contributed by atoms with van der Waals surface area (Å²) < 4.78 is 6.24. The Kier molecular flexibility index (Phi) is 7.23. The summed E-state index contributed by atoms with van der Waals surface area (Å²) in [5, 5.41) is 4.02. The van der Waals surface area contributed by atoms with Gasteiger partial charge in [0.05, 0.1) is 0 Å². The van der Waals surface area contributed by atoms with Crippen molar-refractivity contribution in [3.05, 3.63) is 0 Å². The molecule has 0 radical (unpaired) electrons. The summed E-state index contributed by atoms with van der Waals surface area (Å²) in [5.74, 6) is 0.822. The Labute approximate surface area is 128 Å². The van der Waals surface area contributed by atoms with E-state index < -0.39 is 8.32 Å². The number of unbranched alkanes of at least 4 members (excludes halogenated alkanes) is 1. The van der Waals surface area contributed by atoms with E-state index in [9.17, 15) is 0 Å². The van der Waals surface area contributed by atoms with E-state index in [1.54, 1.807) is 0 Å². The van der Waals surface area contributed by atoms with Gasteiger partial charge in [-0.1, -0.05) is 40.5 Å². The van der Waals surface area contributed by atoms with E-state index in [2.05, 4.69) is 46.1 Å². The first kappa shape index (κ1) is 18.2. The molecule has 0 spiro atoms. The van der Waals surface area contributed by atoms with E-state index in [-0.39, 0.29) is 0 Å². The SMILES string of the molecule is CC(CCCCO[Si](C)(C)C(C)(C)C)C1CCCCN1. The van der Waals surface area contributed by atoms with Gasteiger partial charge in [0.25, 0.3) is 0 Å². The molecule has 20 heavy (non-hydrogen) atoms. The molecule has 2 unspecified atom stereocenters. The summed E-state index contributed by atoms with van der Waals surface area (Å²) in [5.41, 5.74) is 0. The second-order valence-corrected chi connectivity index (χ2v) is 12.9. The predicted octanol–water partition coefficient (Wildman–Crippen LogP) is 4.96. The molecule has 1 heterocycles. The van der Waals surface area contributed by atoms with Crippen molar-refractivity contribution >= 4 is 8.32 Å². The quantitative estimate of drug-likeness (QED) is 0.530. The summed E-state index contributed by atoms with van der Waals surface area (Å²) in [6, 6.07) is 0.769. The average molecular weight is 300 g/mol. The van der Waals surface area contributed by atoms with Crippen molar-refractivity contribution in [3.8, 4) is 0 Å². The van der Waals surface area contributed by atoms with Crippen LogP contribution in [-0.2, 0) is 4.43 Å². The molecular formula is C17H37NOSi. The van der Waals surface area contributed by atoms with Crippen molar-refractivity contribution < 1.29 is 4.43 Å². The standard InChI is InChI=1S/C17H37NOSi/c1-15(16-12-7-9-13-18-16)11-8-10-14-19-20(5,6)17(2,3)4/h15-16,18H,7-14H2,1-6H3. The van der Waals surface area contributed by atoms with Crippen LogP contribution >= 0.6 is 0 Å². The van der Waals surface area contributed by atoms with Crippen LogP contribution in [0.5, 0.6) is 0 Å². The van der Waals surface area contributed by atoms with E-state index >= 15 is 0 Å². The molecule has 2 atom stereocenters. The summed E-state index contributed by atoms with van der Waals surface area (Å²) in [6.07, 6.45) is 8.04. The van der Waals surface area contributed by atoms with Gasteiger partial charge in [-0.15, -0.1) is 0 Å². The summed E-state index contributed by atoms with van der Waals surface area (Å²) in [4.78, 5) is 0. The molecule has 0 aromatic heterocycles. The summed E-state index contributed by atoms with van der Waals surface area (Å²) in [6.45, 7) is 16.2. The van der Waals surface area contributed by atoms with Crippen LogP contribution in [0.2, 0.25) is 18.1 Å². The van der Waals surface area contributed by atoms with Crippen LogP contribution in [0.25, 0.3) is 0 Å². The zero-order valence-electron chi connectivity index (χ0n) is 14.7. The van der Waals surface area contributed by atoms with Crippen LogP contribution in [0.4, 0.5) is 0 Å². The van der Waals surface area contributed by atoms with Crippen LogP contribution in [0, 0.1) is 5.92 Å². The fourth-order valence-electron chi connectivity index (χ4n) is 2.68. The number of nitrogens with one attached hydrogen (secondary N) is 1. The minimum absolute atomic E-state index is 0.340. The minimum atomic E-state index is -1.53. The monoisotopic (exact) mass is 299 g/mol. The van der Waals surface area contributed by atoms with E-state index in [1.165, 1.54) is 45.1 Å². The highest BCUT2D eigenvalue weighted by Gasteiger charge is 2.36. The predicted molar refractivity (Wildman–Crippen MR) is 91.8 cm³/mol. The molecule has 0 bridgehead atoms. The Morgan fingerprint density at radius 1 is 1.20 bits per heavy atom. The fraction of sp³-hybridized carbons (Fsp3) is 1.00. The molecule has 0 aromatic carbocycles. The molecular weight excluding hydrogens is 262 g/mol. The van der Waals surface area contributed by atoms with Gasteiger partial charge in [0.2, 0.25) is 0 Å². The molecule has 3 heteroatoms. The first-order valence-electron chi connectivity index (χ1n) is 8.61. The van der Waals surface area contributed by atoms with Crippen molar-refractivity contribution in [2.24, 2.45) is 5.92 Å². The molecule has 1 fully saturated rings. The van der Waals surface area contributed by atoms with Gasteiger partial charge in [0.15, 0.2) is 8.32 Å². The molecule has 2 nitrogen and oxygen atoms in total. The summed E-state index contributed by atoms with van der Waals surface area (Å²) >= 11 is 0. The first-order valence-corrected chi connectivity index (χ1v) is 11.5. The molecule has 1 aliphatic heterocycles. The lowest BCUT2D eigenvalue weighted by molar-refractivity contribution is 0.259. The van der Waals surface area contributed by atoms with Crippen molar-refractivity contribution in [3.63, 3.8) is 0 Å². The third-order valence-corrected chi connectivity index (χ3v) is 9.90. The number of piperidine rings is 1. The third-order valence-electron chi connectivity index (χ3n) is 5.36. The van der Waals surface area contributed by atoms with Crippen LogP contribution in [-0.4, -0.2) is 27.5 Å². The lowest BCUT2D eigenvalue weighted by Gasteiger charge is -2.36. The molecule has 0 saturated carbocycles. The highest BCUT2D eigenvalue weighted by atomic mass is 28.4. The smallest absolute Gasteiger partial charge is 0.191 e. The topological polar surface area (TPSA) is 21.3 Å². The minimum Gasteiger partial charge on any atom is -0.417 e. The molecule has 1 saturated heterocycles. The van der Waals surface area contributed by atoms with Gasteiger partial charge in [-0.2, -0.15) is 0 Å². The Morgan fingerprint density at radius 2 is 1.90 bits per heavy atom. The molecule has 1 aliphatic rings. The maximum Gasteiger partial charge on any atom is 0.191 e. The highest BCUT2D eigenvalue weighted by Crippen LogP contribution is 2.36. The second kappa shape index (κ2) is 7.95. The van der Waals surface area contributed by atoms with Gasteiger partial charge >= 0.3 is 0 Å². The van der Waals surface area contributed by atoms with E-state index in [1.807, 2.05) is 0 Å². The number of hydrogen-bond acceptors (Lipinski definition) is 2. The Hall–Kier alpha value is 0.137. The maximum absolute atomic E-state index is 6.24. The first-order chi connectivity index (χ1) is 9.24. The largest absolute Gasteiger partial charge is 0.417 e. The molecule has 1 N–H and O–H groups in total. The highest BCUT2D eigenvalue weighted by molar-refractivity contribution is 6.74. The lowest BCUT2D eigenvalue weighted by Crippen LogP contribution is -2.41. The van der Waals surface area contributed by atoms with Gasteiger partial charge in [0.1, 0.15) is 0 Å². The maximum atomic E-state index is 6.24. The van der Waals surface area contributed by atoms with Gasteiger partial charge in [-0.05, 0) is 56.3 Å². The number of rotatable bonds is 7. The molecule has 0 aromatic rings. The Morgan fingerprint density at radius 3 is 2.45 bits per heavy atom. The molecule has 0 amide bonds. The summed E-state index contributed by atoms with van der Waals surface area (Å²) in [7, 11) is -1.53. The van der Waals surface area contributed by atoms with Gasteiger partial charge in [-0.25, -0.2) is 0 Å². The zero-order valence-corrected chi connectivity index (χ0v) is 15.7. The Bertz CT molecular complexity index is 267. The van der Waals surface area contributed by atoms with Crippen LogP contribution in [0.15, 0.2) is 0 Å². The normalized spacial score (nSPS) is 22.8. The van der Waals surface area contributed by atoms with E-state index in [0.29, 0.717) is 5.04 Å². The van der Waals surface area contributed by atoms with Crippen molar-refractivity contribution in [1.29, 1.82) is 0 Å². The Balaban J connectivity index is 2.12.